The van der Waals surface area contributed by atoms with E-state index < -0.39 is 12.2 Å². The van der Waals surface area contributed by atoms with E-state index in [0.717, 1.165) is 18.4 Å². The predicted molar refractivity (Wildman–Crippen MR) is 75.9 cm³/mol. The molecule has 1 aromatic carbocycles. The highest BCUT2D eigenvalue weighted by atomic mass is 16.5. The van der Waals surface area contributed by atoms with Crippen LogP contribution >= 0.6 is 0 Å². The lowest BCUT2D eigenvalue weighted by atomic mass is 10.2. The lowest BCUT2D eigenvalue weighted by molar-refractivity contribution is 0.112. The number of amides is 1. The van der Waals surface area contributed by atoms with Crippen molar-refractivity contribution in [1.29, 1.82) is 0 Å². The number of carbonyl (C=O) groups is 1. The molecule has 2 N–H and O–H groups in total. The molecule has 3 rings (SSSR count). The molecule has 0 saturated heterocycles. The molecule has 1 fully saturated rings. The normalized spacial score (nSPS) is 15.3. The summed E-state index contributed by atoms with van der Waals surface area (Å²) in [7, 11) is 0. The molecule has 1 aliphatic carbocycles. The summed E-state index contributed by atoms with van der Waals surface area (Å²) in [6.07, 6.45) is 0.465. The Kier molecular flexibility index (Phi) is 4.34. The maximum atomic E-state index is 11.6. The average Bonchev–Trinajstić information content (AvgIpc) is 3.28. The van der Waals surface area contributed by atoms with Crippen molar-refractivity contribution < 1.29 is 19.2 Å². The zero-order chi connectivity index (χ0) is 15.4. The highest BCUT2D eigenvalue weighted by molar-refractivity contribution is 5.67. The van der Waals surface area contributed by atoms with Crippen LogP contribution in [0.25, 0.3) is 0 Å². The molecule has 1 aliphatic rings. The van der Waals surface area contributed by atoms with Crippen molar-refractivity contribution in [3.63, 3.8) is 0 Å². The molecule has 0 bridgehead atoms. The van der Waals surface area contributed by atoms with Crippen LogP contribution in [-0.2, 0) is 11.3 Å². The van der Waals surface area contributed by atoms with Gasteiger partial charge < -0.3 is 19.7 Å². The summed E-state index contributed by atoms with van der Waals surface area (Å²) in [5, 5.41) is 16.2. The van der Waals surface area contributed by atoms with Crippen molar-refractivity contribution in [1.82, 2.24) is 15.5 Å². The smallest absolute Gasteiger partial charge is 0.407 e. The van der Waals surface area contributed by atoms with E-state index in [-0.39, 0.29) is 19.0 Å². The quantitative estimate of drug-likeness (QED) is 0.846. The molecule has 1 heterocycles. The van der Waals surface area contributed by atoms with Gasteiger partial charge in [-0.1, -0.05) is 35.5 Å². The highest BCUT2D eigenvalue weighted by Gasteiger charge is 2.30. The lowest BCUT2D eigenvalue weighted by Crippen LogP contribution is -2.29. The third kappa shape index (κ3) is 3.82. The first-order valence-corrected chi connectivity index (χ1v) is 7.18. The second-order valence-corrected chi connectivity index (χ2v) is 5.22. The molecule has 0 aliphatic heterocycles. The Hall–Kier alpha value is -2.41. The van der Waals surface area contributed by atoms with Crippen LogP contribution in [0.3, 0.4) is 0 Å². The first-order valence-electron chi connectivity index (χ1n) is 7.18. The molecule has 1 atom stereocenters. The Morgan fingerprint density at radius 1 is 1.41 bits per heavy atom. The third-order valence-electron chi connectivity index (χ3n) is 3.34. The molecular formula is C15H17N3O4. The Morgan fingerprint density at radius 3 is 2.91 bits per heavy atom. The summed E-state index contributed by atoms with van der Waals surface area (Å²) in [5.74, 6) is 1.10. The van der Waals surface area contributed by atoms with Gasteiger partial charge in [-0.15, -0.1) is 0 Å². The van der Waals surface area contributed by atoms with Gasteiger partial charge in [-0.25, -0.2) is 4.79 Å². The minimum Gasteiger partial charge on any atom is -0.445 e. The molecular weight excluding hydrogens is 286 g/mol. The number of nitrogens with zero attached hydrogens (tertiary/aromatic N) is 2. The molecule has 0 spiro atoms. The van der Waals surface area contributed by atoms with Crippen molar-refractivity contribution >= 4 is 6.09 Å². The van der Waals surface area contributed by atoms with Gasteiger partial charge in [-0.05, 0) is 18.4 Å². The summed E-state index contributed by atoms with van der Waals surface area (Å²) in [5.41, 5.74) is 0.893. The molecule has 2 aromatic rings. The summed E-state index contributed by atoms with van der Waals surface area (Å²) >= 11 is 0. The van der Waals surface area contributed by atoms with E-state index in [0.29, 0.717) is 11.7 Å². The van der Waals surface area contributed by atoms with E-state index in [1.54, 1.807) is 0 Å². The highest BCUT2D eigenvalue weighted by Crippen LogP contribution is 2.38. The van der Waals surface area contributed by atoms with Crippen molar-refractivity contribution in [2.75, 3.05) is 6.54 Å². The fraction of sp³-hybridized carbons (Fsp3) is 0.400. The molecule has 7 heteroatoms. The topological polar surface area (TPSA) is 97.5 Å². The number of aliphatic hydroxyl groups excluding tert-OH is 1. The minimum absolute atomic E-state index is 0.0417. The van der Waals surface area contributed by atoms with Crippen LogP contribution in [0.5, 0.6) is 0 Å². The van der Waals surface area contributed by atoms with Gasteiger partial charge in [0.2, 0.25) is 0 Å². The Morgan fingerprint density at radius 2 is 2.18 bits per heavy atom. The summed E-state index contributed by atoms with van der Waals surface area (Å²) < 4.78 is 10.0. The van der Waals surface area contributed by atoms with Crippen LogP contribution in [-0.4, -0.2) is 27.9 Å². The molecule has 1 aromatic heterocycles. The number of alkyl carbamates (subject to hydrolysis) is 1. The molecule has 1 unspecified atom stereocenters. The van der Waals surface area contributed by atoms with Crippen molar-refractivity contribution in [3.05, 3.63) is 47.6 Å². The number of ether oxygens (including phenoxy) is 1. The summed E-state index contributed by atoms with van der Waals surface area (Å²) in [6.45, 7) is 0.134. The van der Waals surface area contributed by atoms with Crippen LogP contribution in [0.1, 0.15) is 42.1 Å². The molecule has 1 saturated carbocycles. The van der Waals surface area contributed by atoms with Crippen LogP contribution in [0.4, 0.5) is 4.79 Å². The Balaban J connectivity index is 1.41. The fourth-order valence-corrected chi connectivity index (χ4v) is 1.93. The van der Waals surface area contributed by atoms with Gasteiger partial charge in [0, 0.05) is 5.92 Å². The van der Waals surface area contributed by atoms with Gasteiger partial charge in [0.25, 0.3) is 5.89 Å². The third-order valence-corrected chi connectivity index (χ3v) is 3.34. The number of aliphatic hydroxyl groups is 1. The minimum atomic E-state index is -1.04. The van der Waals surface area contributed by atoms with Gasteiger partial charge >= 0.3 is 6.09 Å². The second kappa shape index (κ2) is 6.57. The summed E-state index contributed by atoms with van der Waals surface area (Å²) in [4.78, 5) is 15.7. The lowest BCUT2D eigenvalue weighted by Gasteiger charge is -2.09. The summed E-state index contributed by atoms with van der Waals surface area (Å²) in [6, 6.07) is 9.35. The molecule has 22 heavy (non-hydrogen) atoms. The van der Waals surface area contributed by atoms with Crippen molar-refractivity contribution in [2.24, 2.45) is 0 Å². The van der Waals surface area contributed by atoms with Gasteiger partial charge in [0.05, 0.1) is 6.54 Å². The standard InChI is InChI=1S/C15H17N3O4/c19-12(14-17-13(18-22-14)11-6-7-11)8-16-15(20)21-9-10-4-2-1-3-5-10/h1-5,11-12,19H,6-9H2,(H,16,20). The van der Waals surface area contributed by atoms with E-state index in [2.05, 4.69) is 15.5 Å². The molecule has 116 valence electrons. The fourth-order valence-electron chi connectivity index (χ4n) is 1.93. The Bertz CT molecular complexity index is 625. The maximum Gasteiger partial charge on any atom is 0.407 e. The van der Waals surface area contributed by atoms with Gasteiger partial charge in [-0.3, -0.25) is 0 Å². The number of aromatic nitrogens is 2. The number of nitrogens with one attached hydrogen (secondary N) is 1. The van der Waals surface area contributed by atoms with Crippen molar-refractivity contribution in [2.45, 2.75) is 31.5 Å². The largest absolute Gasteiger partial charge is 0.445 e. The van der Waals surface area contributed by atoms with E-state index in [9.17, 15) is 9.90 Å². The number of rotatable bonds is 6. The second-order valence-electron chi connectivity index (χ2n) is 5.22. The maximum absolute atomic E-state index is 11.6. The number of hydrogen-bond donors (Lipinski definition) is 2. The van der Waals surface area contributed by atoms with Gasteiger partial charge in [0.1, 0.15) is 6.61 Å². The van der Waals surface area contributed by atoms with E-state index >= 15 is 0 Å². The predicted octanol–water partition coefficient (Wildman–Crippen LogP) is 1.91. The Labute approximate surface area is 127 Å². The molecule has 1 amide bonds. The van der Waals surface area contributed by atoms with Crippen LogP contribution in [0.2, 0.25) is 0 Å². The number of carbonyl (C=O) groups excluding carboxylic acids is 1. The zero-order valence-electron chi connectivity index (χ0n) is 11.9. The van der Waals surface area contributed by atoms with E-state index in [1.165, 1.54) is 0 Å². The molecule has 0 radical (unpaired) electrons. The first-order chi connectivity index (χ1) is 10.7. The van der Waals surface area contributed by atoms with Crippen LogP contribution in [0, 0.1) is 0 Å². The average molecular weight is 303 g/mol. The van der Waals surface area contributed by atoms with Gasteiger partial charge in [-0.2, -0.15) is 4.98 Å². The zero-order valence-corrected chi connectivity index (χ0v) is 11.9. The monoisotopic (exact) mass is 303 g/mol. The number of benzene rings is 1. The van der Waals surface area contributed by atoms with E-state index in [4.69, 9.17) is 9.26 Å². The van der Waals surface area contributed by atoms with Crippen LogP contribution < -0.4 is 5.32 Å². The van der Waals surface area contributed by atoms with Gasteiger partial charge in [0.15, 0.2) is 11.9 Å². The molecule has 7 nitrogen and oxygen atoms in total. The van der Waals surface area contributed by atoms with Crippen molar-refractivity contribution in [3.8, 4) is 0 Å². The van der Waals surface area contributed by atoms with Crippen LogP contribution in [0.15, 0.2) is 34.9 Å². The number of hydrogen-bond acceptors (Lipinski definition) is 6. The SMILES string of the molecule is O=C(NCC(O)c1nc(C2CC2)no1)OCc1ccccc1. The first kappa shape index (κ1) is 14.5. The van der Waals surface area contributed by atoms with E-state index in [1.807, 2.05) is 30.3 Å².